The minimum absolute atomic E-state index is 0.0422. The molecule has 1 heterocycles. The molecule has 0 spiro atoms. The molecule has 44 heavy (non-hydrogen) atoms. The Morgan fingerprint density at radius 1 is 1.09 bits per heavy atom. The van der Waals surface area contributed by atoms with Crippen molar-refractivity contribution in [2.75, 3.05) is 19.8 Å². The average molecular weight is 663 g/mol. The van der Waals surface area contributed by atoms with E-state index in [2.05, 4.69) is 31.3 Å². The maximum absolute atomic E-state index is 14.5. The molecular weight excluding hydrogens is 626 g/mol. The molecule has 3 aromatic rings. The predicted molar refractivity (Wildman–Crippen MR) is 171 cm³/mol. The van der Waals surface area contributed by atoms with Gasteiger partial charge in [-0.1, -0.05) is 82.8 Å². The lowest BCUT2D eigenvalue weighted by molar-refractivity contribution is -0.130. The standard InChI is InChI=1S/C33H36BrN5O5/c34-27-11-4-2-9-24(27)21-33(31(41)36-22-32(42)17-6-1-7-18-32)29(26-10-3-5-12-28(26)38-39-35)44-30(37-33)23-13-15-25(16-14-23)43-20-8-19-40/h2-5,9-16,29,40,42H,1,6-8,17-22H2,(H,36,41)/t29-,33-/m1/s1. The minimum Gasteiger partial charge on any atom is -0.494 e. The van der Waals surface area contributed by atoms with Crippen molar-refractivity contribution < 1.29 is 24.5 Å². The fraction of sp³-hybridized carbons (Fsp3) is 0.394. The molecule has 2 atom stereocenters. The Balaban J connectivity index is 1.59. The highest BCUT2D eigenvalue weighted by atomic mass is 79.9. The molecular formula is C33H36BrN5O5. The maximum atomic E-state index is 14.5. The lowest BCUT2D eigenvalue weighted by atomic mass is 9.80. The van der Waals surface area contributed by atoms with E-state index in [0.717, 1.165) is 29.3 Å². The lowest BCUT2D eigenvalue weighted by Gasteiger charge is -2.35. The van der Waals surface area contributed by atoms with Crippen molar-refractivity contribution in [3.8, 4) is 5.75 Å². The number of rotatable bonds is 12. The van der Waals surface area contributed by atoms with Gasteiger partial charge in [0.2, 0.25) is 5.90 Å². The first-order valence-electron chi connectivity index (χ1n) is 14.9. The quantitative estimate of drug-likeness (QED) is 0.0881. The Morgan fingerprint density at radius 3 is 2.55 bits per heavy atom. The lowest BCUT2D eigenvalue weighted by Crippen LogP contribution is -2.54. The number of nitrogens with zero attached hydrogens (tertiary/aromatic N) is 4. The third-order valence-corrected chi connectivity index (χ3v) is 8.96. The van der Waals surface area contributed by atoms with Gasteiger partial charge in [-0.05, 0) is 54.3 Å². The van der Waals surface area contributed by atoms with E-state index >= 15 is 0 Å². The summed E-state index contributed by atoms with van der Waals surface area (Å²) in [7, 11) is 0. The Labute approximate surface area is 264 Å². The first kappa shape index (κ1) is 31.5. The monoisotopic (exact) mass is 661 g/mol. The van der Waals surface area contributed by atoms with E-state index in [-0.39, 0.29) is 25.5 Å². The first-order chi connectivity index (χ1) is 21.4. The number of ether oxygens (including phenoxy) is 2. The molecule has 0 aromatic heterocycles. The van der Waals surface area contributed by atoms with Crippen LogP contribution in [-0.2, 0) is 16.0 Å². The van der Waals surface area contributed by atoms with E-state index in [9.17, 15) is 15.4 Å². The van der Waals surface area contributed by atoms with Gasteiger partial charge in [0, 0.05) is 52.2 Å². The highest BCUT2D eigenvalue weighted by molar-refractivity contribution is 9.10. The smallest absolute Gasteiger partial charge is 0.252 e. The van der Waals surface area contributed by atoms with Crippen molar-refractivity contribution in [1.82, 2.24) is 5.32 Å². The van der Waals surface area contributed by atoms with Crippen molar-refractivity contribution in [3.63, 3.8) is 0 Å². The summed E-state index contributed by atoms with van der Waals surface area (Å²) in [5, 5.41) is 27.3. The predicted octanol–water partition coefficient (Wildman–Crippen LogP) is 6.46. The molecule has 1 amide bonds. The number of halogens is 1. The molecule has 3 aromatic carbocycles. The van der Waals surface area contributed by atoms with Gasteiger partial charge in [0.05, 0.1) is 12.2 Å². The normalized spacial score (nSPS) is 20.6. The fourth-order valence-electron chi connectivity index (χ4n) is 5.82. The number of hydrogen-bond donors (Lipinski definition) is 3. The molecule has 0 unspecified atom stereocenters. The van der Waals surface area contributed by atoms with E-state index in [4.69, 9.17) is 19.6 Å². The van der Waals surface area contributed by atoms with Gasteiger partial charge in [-0.3, -0.25) is 4.79 Å². The number of aliphatic hydroxyl groups is 2. The van der Waals surface area contributed by atoms with Crippen LogP contribution in [0.4, 0.5) is 5.69 Å². The SMILES string of the molecule is [N-]=[N+]=Nc1ccccc1[C@H]1OC(c2ccc(OCCCO)cc2)=N[C@@]1(Cc1ccccc1Br)C(=O)NCC1(O)CCCCC1. The Kier molecular flexibility index (Phi) is 10.2. The second-order valence-corrected chi connectivity index (χ2v) is 12.1. The van der Waals surface area contributed by atoms with Gasteiger partial charge in [0.25, 0.3) is 5.91 Å². The molecule has 1 fully saturated rings. The van der Waals surface area contributed by atoms with Crippen molar-refractivity contribution >= 4 is 33.4 Å². The summed E-state index contributed by atoms with van der Waals surface area (Å²) in [6, 6.07) is 21.8. The molecule has 0 radical (unpaired) electrons. The van der Waals surface area contributed by atoms with E-state index in [1.54, 1.807) is 48.5 Å². The largest absolute Gasteiger partial charge is 0.494 e. The Hall–Kier alpha value is -3.89. The summed E-state index contributed by atoms with van der Waals surface area (Å²) < 4.78 is 13.1. The number of amides is 1. The Bertz CT molecular complexity index is 1540. The number of aliphatic imine (C=N–C) groups is 1. The van der Waals surface area contributed by atoms with E-state index < -0.39 is 23.2 Å². The first-order valence-corrected chi connectivity index (χ1v) is 15.7. The number of azide groups is 1. The second kappa shape index (κ2) is 14.3. The zero-order valence-electron chi connectivity index (χ0n) is 24.4. The fourth-order valence-corrected chi connectivity index (χ4v) is 6.25. The molecule has 0 saturated heterocycles. The number of nitrogens with one attached hydrogen (secondary N) is 1. The topological polar surface area (TPSA) is 149 Å². The maximum Gasteiger partial charge on any atom is 0.252 e. The summed E-state index contributed by atoms with van der Waals surface area (Å²) in [5.41, 5.74) is 9.17. The van der Waals surface area contributed by atoms with Gasteiger partial charge in [-0.2, -0.15) is 0 Å². The van der Waals surface area contributed by atoms with Gasteiger partial charge in [-0.15, -0.1) is 0 Å². The van der Waals surface area contributed by atoms with Gasteiger partial charge in [-0.25, -0.2) is 4.99 Å². The third-order valence-electron chi connectivity index (χ3n) is 8.18. The zero-order valence-corrected chi connectivity index (χ0v) is 25.9. The molecule has 2 aliphatic rings. The van der Waals surface area contributed by atoms with Crippen LogP contribution in [0.1, 0.15) is 61.3 Å². The summed E-state index contributed by atoms with van der Waals surface area (Å²) in [6.45, 7) is 0.520. The van der Waals surface area contributed by atoms with Crippen LogP contribution in [0.25, 0.3) is 10.4 Å². The molecule has 5 rings (SSSR count). The average Bonchev–Trinajstić information content (AvgIpc) is 3.42. The van der Waals surface area contributed by atoms with Gasteiger partial charge < -0.3 is 25.0 Å². The van der Waals surface area contributed by atoms with Crippen LogP contribution >= 0.6 is 15.9 Å². The summed E-state index contributed by atoms with van der Waals surface area (Å²) in [4.78, 5) is 22.6. The van der Waals surface area contributed by atoms with Crippen molar-refractivity contribution in [1.29, 1.82) is 0 Å². The number of carbonyl (C=O) groups is 1. The van der Waals surface area contributed by atoms with Crippen LogP contribution in [0.3, 0.4) is 0 Å². The number of hydrogen-bond acceptors (Lipinski definition) is 7. The highest BCUT2D eigenvalue weighted by Crippen LogP contribution is 2.46. The molecule has 1 aliphatic heterocycles. The summed E-state index contributed by atoms with van der Waals surface area (Å²) >= 11 is 3.64. The third kappa shape index (κ3) is 7.08. The van der Waals surface area contributed by atoms with Crippen LogP contribution < -0.4 is 10.1 Å². The van der Waals surface area contributed by atoms with Crippen LogP contribution in [-0.4, -0.2) is 52.9 Å². The molecule has 1 saturated carbocycles. The van der Waals surface area contributed by atoms with Gasteiger partial charge in [0.1, 0.15) is 5.75 Å². The van der Waals surface area contributed by atoms with Gasteiger partial charge >= 0.3 is 0 Å². The molecule has 11 heteroatoms. The van der Waals surface area contributed by atoms with Gasteiger partial charge in [0.15, 0.2) is 11.6 Å². The number of benzene rings is 3. The summed E-state index contributed by atoms with van der Waals surface area (Å²) in [6.07, 6.45) is 3.84. The highest BCUT2D eigenvalue weighted by Gasteiger charge is 2.54. The molecule has 0 bridgehead atoms. The van der Waals surface area contributed by atoms with Crippen LogP contribution in [0.5, 0.6) is 5.75 Å². The second-order valence-electron chi connectivity index (χ2n) is 11.3. The van der Waals surface area contributed by atoms with Crippen LogP contribution in [0.2, 0.25) is 0 Å². The number of aliphatic hydroxyl groups excluding tert-OH is 1. The molecule has 10 nitrogen and oxygen atoms in total. The number of carbonyl (C=O) groups excluding carboxylic acids is 1. The molecule has 3 N–H and O–H groups in total. The zero-order chi connectivity index (χ0) is 31.0. The van der Waals surface area contributed by atoms with Crippen molar-refractivity contribution in [3.05, 3.63) is 104 Å². The molecule has 230 valence electrons. The summed E-state index contributed by atoms with van der Waals surface area (Å²) in [5.74, 6) is 0.488. The van der Waals surface area contributed by atoms with Crippen molar-refractivity contribution in [2.45, 2.75) is 62.2 Å². The molecule has 1 aliphatic carbocycles. The van der Waals surface area contributed by atoms with E-state index in [1.807, 2.05) is 24.3 Å². The van der Waals surface area contributed by atoms with Crippen molar-refractivity contribution in [2.24, 2.45) is 10.1 Å². The Morgan fingerprint density at radius 2 is 1.82 bits per heavy atom. The minimum atomic E-state index is -1.51. The van der Waals surface area contributed by atoms with E-state index in [1.165, 1.54) is 0 Å². The van der Waals surface area contributed by atoms with E-state index in [0.29, 0.717) is 48.4 Å². The van der Waals surface area contributed by atoms with Crippen LogP contribution in [0.15, 0.2) is 87.4 Å². The van der Waals surface area contributed by atoms with Crippen LogP contribution in [0, 0.1) is 0 Å².